The van der Waals surface area contributed by atoms with Crippen LogP contribution in [0.3, 0.4) is 0 Å². The molecule has 1 fully saturated rings. The van der Waals surface area contributed by atoms with Crippen LogP contribution in [-0.2, 0) is 4.79 Å². The summed E-state index contributed by atoms with van der Waals surface area (Å²) < 4.78 is 0. The van der Waals surface area contributed by atoms with Gasteiger partial charge in [-0.1, -0.05) is 20.3 Å². The SMILES string of the molecule is CCCNC(=O)CCNC1CCC(CC)CC1. The first kappa shape index (κ1) is 14.5. The molecule has 0 unspecified atom stereocenters. The van der Waals surface area contributed by atoms with Gasteiger partial charge in [-0.3, -0.25) is 4.79 Å². The minimum Gasteiger partial charge on any atom is -0.356 e. The molecule has 3 heteroatoms. The van der Waals surface area contributed by atoms with E-state index < -0.39 is 0 Å². The maximum absolute atomic E-state index is 11.4. The number of carbonyl (C=O) groups excluding carboxylic acids is 1. The monoisotopic (exact) mass is 240 g/mol. The molecule has 0 aliphatic heterocycles. The maximum atomic E-state index is 11.4. The van der Waals surface area contributed by atoms with Gasteiger partial charge in [0.05, 0.1) is 0 Å². The number of rotatable bonds is 7. The Hall–Kier alpha value is -0.570. The molecule has 1 saturated carbocycles. The third-order valence-electron chi connectivity index (χ3n) is 3.78. The standard InChI is InChI=1S/C14H28N2O/c1-3-10-16-14(17)9-11-15-13-7-5-12(4-2)6-8-13/h12-13,15H,3-11H2,1-2H3,(H,16,17). The lowest BCUT2D eigenvalue weighted by atomic mass is 9.84. The van der Waals surface area contributed by atoms with E-state index in [4.69, 9.17) is 0 Å². The molecule has 1 amide bonds. The molecule has 0 spiro atoms. The van der Waals surface area contributed by atoms with E-state index >= 15 is 0 Å². The molecule has 100 valence electrons. The average Bonchev–Trinajstić information content (AvgIpc) is 2.37. The Morgan fingerprint density at radius 3 is 2.41 bits per heavy atom. The van der Waals surface area contributed by atoms with Crippen molar-refractivity contribution in [1.82, 2.24) is 10.6 Å². The lowest BCUT2D eigenvalue weighted by molar-refractivity contribution is -0.121. The van der Waals surface area contributed by atoms with Crippen LogP contribution in [0.4, 0.5) is 0 Å². The van der Waals surface area contributed by atoms with E-state index in [1.54, 1.807) is 0 Å². The Labute approximate surface area is 106 Å². The molecule has 2 N–H and O–H groups in total. The molecule has 1 aliphatic carbocycles. The van der Waals surface area contributed by atoms with E-state index in [0.29, 0.717) is 12.5 Å². The van der Waals surface area contributed by atoms with E-state index in [0.717, 1.165) is 25.4 Å². The van der Waals surface area contributed by atoms with Gasteiger partial charge in [0, 0.05) is 25.6 Å². The number of carbonyl (C=O) groups is 1. The van der Waals surface area contributed by atoms with Crippen LogP contribution in [-0.4, -0.2) is 25.0 Å². The van der Waals surface area contributed by atoms with Gasteiger partial charge in [-0.15, -0.1) is 0 Å². The van der Waals surface area contributed by atoms with Gasteiger partial charge in [-0.05, 0) is 38.0 Å². The molecule has 3 nitrogen and oxygen atoms in total. The van der Waals surface area contributed by atoms with Gasteiger partial charge in [0.1, 0.15) is 0 Å². The molecule has 1 aliphatic rings. The number of hydrogen-bond donors (Lipinski definition) is 2. The Balaban J connectivity index is 2.01. The summed E-state index contributed by atoms with van der Waals surface area (Å²) in [4.78, 5) is 11.4. The van der Waals surface area contributed by atoms with Crippen molar-refractivity contribution in [3.8, 4) is 0 Å². The molecule has 0 radical (unpaired) electrons. The smallest absolute Gasteiger partial charge is 0.221 e. The van der Waals surface area contributed by atoms with E-state index in [-0.39, 0.29) is 5.91 Å². The summed E-state index contributed by atoms with van der Waals surface area (Å²) in [6.07, 6.45) is 8.25. The van der Waals surface area contributed by atoms with Crippen LogP contribution in [0.15, 0.2) is 0 Å². The molecular weight excluding hydrogens is 212 g/mol. The molecule has 1 rings (SSSR count). The molecule has 0 aromatic rings. The lowest BCUT2D eigenvalue weighted by Crippen LogP contribution is -2.36. The Kier molecular flexibility index (Phi) is 7.25. The van der Waals surface area contributed by atoms with Gasteiger partial charge in [-0.2, -0.15) is 0 Å². The van der Waals surface area contributed by atoms with Crippen LogP contribution < -0.4 is 10.6 Å². The molecule has 0 aromatic carbocycles. The summed E-state index contributed by atoms with van der Waals surface area (Å²) in [7, 11) is 0. The summed E-state index contributed by atoms with van der Waals surface area (Å²) in [6, 6.07) is 0.650. The van der Waals surface area contributed by atoms with Gasteiger partial charge in [-0.25, -0.2) is 0 Å². The van der Waals surface area contributed by atoms with Crippen LogP contribution in [0.2, 0.25) is 0 Å². The van der Waals surface area contributed by atoms with Crippen LogP contribution >= 0.6 is 0 Å². The zero-order chi connectivity index (χ0) is 12.5. The van der Waals surface area contributed by atoms with Crippen molar-refractivity contribution in [2.24, 2.45) is 5.92 Å². The highest BCUT2D eigenvalue weighted by Crippen LogP contribution is 2.26. The lowest BCUT2D eigenvalue weighted by Gasteiger charge is -2.28. The fourth-order valence-corrected chi connectivity index (χ4v) is 2.52. The average molecular weight is 240 g/mol. The van der Waals surface area contributed by atoms with E-state index in [1.165, 1.54) is 32.1 Å². The highest BCUT2D eigenvalue weighted by atomic mass is 16.1. The maximum Gasteiger partial charge on any atom is 0.221 e. The van der Waals surface area contributed by atoms with Crippen LogP contribution in [0, 0.1) is 5.92 Å². The van der Waals surface area contributed by atoms with Crippen molar-refractivity contribution in [3.63, 3.8) is 0 Å². The summed E-state index contributed by atoms with van der Waals surface area (Å²) >= 11 is 0. The molecular formula is C14H28N2O. The number of amides is 1. The largest absolute Gasteiger partial charge is 0.356 e. The molecule has 0 bridgehead atoms. The van der Waals surface area contributed by atoms with Crippen molar-refractivity contribution >= 4 is 5.91 Å². The van der Waals surface area contributed by atoms with Gasteiger partial charge in [0.15, 0.2) is 0 Å². The molecule has 0 heterocycles. The number of nitrogens with one attached hydrogen (secondary N) is 2. The second-order valence-electron chi connectivity index (χ2n) is 5.18. The topological polar surface area (TPSA) is 41.1 Å². The first-order chi connectivity index (χ1) is 8.26. The van der Waals surface area contributed by atoms with Crippen LogP contribution in [0.5, 0.6) is 0 Å². The van der Waals surface area contributed by atoms with Crippen molar-refractivity contribution < 1.29 is 4.79 Å². The summed E-state index contributed by atoms with van der Waals surface area (Å²) in [6.45, 7) is 6.00. The first-order valence-electron chi connectivity index (χ1n) is 7.26. The van der Waals surface area contributed by atoms with E-state index in [2.05, 4.69) is 24.5 Å². The second-order valence-corrected chi connectivity index (χ2v) is 5.18. The molecule has 0 aromatic heterocycles. The van der Waals surface area contributed by atoms with Crippen molar-refractivity contribution in [2.75, 3.05) is 13.1 Å². The summed E-state index contributed by atoms with van der Waals surface area (Å²) in [5, 5.41) is 6.42. The molecule has 0 atom stereocenters. The van der Waals surface area contributed by atoms with Gasteiger partial charge >= 0.3 is 0 Å². The van der Waals surface area contributed by atoms with Crippen LogP contribution in [0.25, 0.3) is 0 Å². The van der Waals surface area contributed by atoms with E-state index in [9.17, 15) is 4.79 Å². The fourth-order valence-electron chi connectivity index (χ4n) is 2.52. The van der Waals surface area contributed by atoms with Gasteiger partial charge in [0.2, 0.25) is 5.91 Å². The third kappa shape index (κ3) is 6.06. The normalized spacial score (nSPS) is 24.6. The van der Waals surface area contributed by atoms with E-state index in [1.807, 2.05) is 0 Å². The van der Waals surface area contributed by atoms with Crippen molar-refractivity contribution in [2.45, 2.75) is 64.8 Å². The van der Waals surface area contributed by atoms with Crippen molar-refractivity contribution in [3.05, 3.63) is 0 Å². The first-order valence-corrected chi connectivity index (χ1v) is 7.26. The predicted molar refractivity (Wildman–Crippen MR) is 72.0 cm³/mol. The minimum absolute atomic E-state index is 0.182. The third-order valence-corrected chi connectivity index (χ3v) is 3.78. The molecule has 17 heavy (non-hydrogen) atoms. The molecule has 0 saturated heterocycles. The predicted octanol–water partition coefficient (Wildman–Crippen LogP) is 2.46. The van der Waals surface area contributed by atoms with Crippen LogP contribution in [0.1, 0.15) is 58.8 Å². The highest BCUT2D eigenvalue weighted by Gasteiger charge is 2.19. The number of hydrogen-bond acceptors (Lipinski definition) is 2. The Morgan fingerprint density at radius 1 is 1.12 bits per heavy atom. The fraction of sp³-hybridized carbons (Fsp3) is 0.929. The zero-order valence-electron chi connectivity index (χ0n) is 11.4. The zero-order valence-corrected chi connectivity index (χ0v) is 11.4. The summed E-state index contributed by atoms with van der Waals surface area (Å²) in [5.74, 6) is 1.13. The summed E-state index contributed by atoms with van der Waals surface area (Å²) in [5.41, 5.74) is 0. The Morgan fingerprint density at radius 2 is 1.82 bits per heavy atom. The minimum atomic E-state index is 0.182. The Bertz CT molecular complexity index is 210. The van der Waals surface area contributed by atoms with Gasteiger partial charge in [0.25, 0.3) is 0 Å². The van der Waals surface area contributed by atoms with Gasteiger partial charge < -0.3 is 10.6 Å². The quantitative estimate of drug-likeness (QED) is 0.718. The van der Waals surface area contributed by atoms with Crippen molar-refractivity contribution in [1.29, 1.82) is 0 Å². The highest BCUT2D eigenvalue weighted by molar-refractivity contribution is 5.75. The second kappa shape index (κ2) is 8.51.